The average Bonchev–Trinajstić information content (AvgIpc) is 3.23. The highest BCUT2D eigenvalue weighted by molar-refractivity contribution is 7.90. The molecule has 170 valence electrons. The zero-order chi connectivity index (χ0) is 22.6. The molecule has 1 aliphatic rings. The van der Waals surface area contributed by atoms with Gasteiger partial charge in [-0.15, -0.1) is 5.10 Å². The van der Waals surface area contributed by atoms with Crippen molar-refractivity contribution in [1.82, 2.24) is 30.0 Å². The van der Waals surface area contributed by atoms with Crippen LogP contribution in [0.4, 0.5) is 0 Å². The van der Waals surface area contributed by atoms with Crippen LogP contribution in [0, 0.1) is 6.92 Å². The van der Waals surface area contributed by atoms with Gasteiger partial charge in [0.05, 0.1) is 10.9 Å². The van der Waals surface area contributed by atoms with Crippen LogP contribution >= 0.6 is 0 Å². The molecule has 2 heterocycles. The predicted molar refractivity (Wildman–Crippen MR) is 123 cm³/mol. The summed E-state index contributed by atoms with van der Waals surface area (Å²) in [6, 6.07) is 17.4. The highest BCUT2D eigenvalue weighted by Gasteiger charge is 2.29. The molecule has 32 heavy (non-hydrogen) atoms. The van der Waals surface area contributed by atoms with Gasteiger partial charge in [-0.2, -0.15) is 0 Å². The smallest absolute Gasteiger partial charge is 0.198 e. The Hall–Kier alpha value is -2.62. The normalized spacial score (nSPS) is 16.8. The van der Waals surface area contributed by atoms with Gasteiger partial charge in [-0.1, -0.05) is 55.0 Å². The molecule has 0 saturated carbocycles. The fraction of sp³-hybridized carbons (Fsp3) is 0.435. The molecule has 1 fully saturated rings. The van der Waals surface area contributed by atoms with Crippen molar-refractivity contribution in [3.8, 4) is 0 Å². The van der Waals surface area contributed by atoms with Crippen molar-refractivity contribution >= 4 is 9.84 Å². The van der Waals surface area contributed by atoms with Crippen molar-refractivity contribution < 1.29 is 8.42 Å². The van der Waals surface area contributed by atoms with Gasteiger partial charge in [-0.25, -0.2) is 13.1 Å². The zero-order valence-electron chi connectivity index (χ0n) is 18.6. The molecule has 1 aliphatic heterocycles. The number of hydrogen-bond acceptors (Lipinski definition) is 7. The first-order chi connectivity index (χ1) is 15.5. The number of nitrogens with zero attached hydrogens (tertiary/aromatic N) is 6. The van der Waals surface area contributed by atoms with Gasteiger partial charge in [0.25, 0.3) is 0 Å². The molecule has 1 aromatic heterocycles. The van der Waals surface area contributed by atoms with Crippen LogP contribution in [-0.2, 0) is 22.3 Å². The minimum absolute atomic E-state index is 0.0166. The maximum atomic E-state index is 12.9. The van der Waals surface area contributed by atoms with Crippen LogP contribution in [0.25, 0.3) is 0 Å². The standard InChI is InChI=1S/C23H30N6O2S/c1-3-22(28-15-13-27(14-16-28)17-20-7-5-4-6-8-20)23-24-25-26-29(23)18-32(30,31)21-11-9-19(2)10-12-21/h4-12,22H,3,13-18H2,1-2H3/t22-/m1/s1. The van der Waals surface area contributed by atoms with E-state index in [1.807, 2.05) is 13.0 Å². The Morgan fingerprint density at radius 2 is 1.66 bits per heavy atom. The number of hydrogen-bond donors (Lipinski definition) is 0. The number of aromatic nitrogens is 4. The van der Waals surface area contributed by atoms with Crippen LogP contribution < -0.4 is 0 Å². The van der Waals surface area contributed by atoms with Crippen molar-refractivity contribution in [1.29, 1.82) is 0 Å². The Bertz CT molecular complexity index is 1110. The quantitative estimate of drug-likeness (QED) is 0.517. The number of aryl methyl sites for hydroxylation is 1. The molecule has 1 atom stereocenters. The minimum Gasteiger partial charge on any atom is -0.297 e. The van der Waals surface area contributed by atoms with E-state index in [0.717, 1.165) is 44.7 Å². The Labute approximate surface area is 189 Å². The SMILES string of the molecule is CC[C@H](c1nnnn1CS(=O)(=O)c1ccc(C)cc1)N1CCN(Cc2ccccc2)CC1. The van der Waals surface area contributed by atoms with Gasteiger partial charge in [0.15, 0.2) is 21.5 Å². The summed E-state index contributed by atoms with van der Waals surface area (Å²) in [5, 5.41) is 12.1. The van der Waals surface area contributed by atoms with Gasteiger partial charge in [0.1, 0.15) is 0 Å². The molecular weight excluding hydrogens is 424 g/mol. The topological polar surface area (TPSA) is 84.2 Å². The summed E-state index contributed by atoms with van der Waals surface area (Å²) in [5.74, 6) is 0.350. The number of rotatable bonds is 8. The summed E-state index contributed by atoms with van der Waals surface area (Å²) in [5.41, 5.74) is 2.34. The van der Waals surface area contributed by atoms with Gasteiger partial charge in [0, 0.05) is 32.7 Å². The Morgan fingerprint density at radius 1 is 0.969 bits per heavy atom. The van der Waals surface area contributed by atoms with Crippen molar-refractivity contribution in [2.24, 2.45) is 0 Å². The first-order valence-corrected chi connectivity index (χ1v) is 12.7. The Kier molecular flexibility index (Phi) is 6.98. The summed E-state index contributed by atoms with van der Waals surface area (Å²) in [6.45, 7) is 8.66. The third kappa shape index (κ3) is 5.23. The van der Waals surface area contributed by atoms with Crippen molar-refractivity contribution in [2.45, 2.75) is 43.6 Å². The Balaban J connectivity index is 1.43. The lowest BCUT2D eigenvalue weighted by Gasteiger charge is -2.38. The van der Waals surface area contributed by atoms with Crippen LogP contribution in [0.1, 0.15) is 36.3 Å². The Morgan fingerprint density at radius 3 is 2.31 bits per heavy atom. The average molecular weight is 455 g/mol. The lowest BCUT2D eigenvalue weighted by molar-refractivity contribution is 0.0846. The monoisotopic (exact) mass is 454 g/mol. The summed E-state index contributed by atoms with van der Waals surface area (Å²) < 4.78 is 27.3. The molecule has 0 radical (unpaired) electrons. The van der Waals surface area contributed by atoms with Gasteiger partial charge < -0.3 is 0 Å². The number of piperazine rings is 1. The number of sulfone groups is 1. The maximum absolute atomic E-state index is 12.9. The molecule has 0 unspecified atom stereocenters. The van der Waals surface area contributed by atoms with Crippen LogP contribution in [0.15, 0.2) is 59.5 Å². The summed E-state index contributed by atoms with van der Waals surface area (Å²) in [4.78, 5) is 5.10. The molecule has 1 saturated heterocycles. The molecule has 0 spiro atoms. The maximum Gasteiger partial charge on any atom is 0.198 e. The van der Waals surface area contributed by atoms with E-state index >= 15 is 0 Å². The molecule has 0 N–H and O–H groups in total. The first kappa shape index (κ1) is 22.6. The van der Waals surface area contributed by atoms with Crippen LogP contribution in [-0.4, -0.2) is 64.6 Å². The van der Waals surface area contributed by atoms with E-state index in [1.54, 1.807) is 24.3 Å². The van der Waals surface area contributed by atoms with Gasteiger partial charge in [0.2, 0.25) is 0 Å². The molecule has 3 aromatic rings. The molecule has 2 aromatic carbocycles. The molecule has 0 bridgehead atoms. The van der Waals surface area contributed by atoms with E-state index in [0.29, 0.717) is 5.82 Å². The predicted octanol–water partition coefficient (Wildman–Crippen LogP) is 2.68. The van der Waals surface area contributed by atoms with Crippen molar-refractivity contribution in [3.63, 3.8) is 0 Å². The second kappa shape index (κ2) is 9.89. The van der Waals surface area contributed by atoms with E-state index in [1.165, 1.54) is 10.2 Å². The molecule has 9 heteroatoms. The molecule has 8 nitrogen and oxygen atoms in total. The van der Waals surface area contributed by atoms with Crippen LogP contribution in [0.2, 0.25) is 0 Å². The van der Waals surface area contributed by atoms with E-state index in [4.69, 9.17) is 0 Å². The summed E-state index contributed by atoms with van der Waals surface area (Å²) in [7, 11) is -3.54. The van der Waals surface area contributed by atoms with Gasteiger partial charge >= 0.3 is 0 Å². The van der Waals surface area contributed by atoms with E-state index in [9.17, 15) is 8.42 Å². The van der Waals surface area contributed by atoms with Crippen LogP contribution in [0.3, 0.4) is 0 Å². The zero-order valence-corrected chi connectivity index (χ0v) is 19.4. The van der Waals surface area contributed by atoms with E-state index in [-0.39, 0.29) is 16.8 Å². The summed E-state index contributed by atoms with van der Waals surface area (Å²) in [6.07, 6.45) is 0.809. The largest absolute Gasteiger partial charge is 0.297 e. The minimum atomic E-state index is -3.54. The fourth-order valence-corrected chi connectivity index (χ4v) is 5.41. The molecular formula is C23H30N6O2S. The fourth-order valence-electron chi connectivity index (χ4n) is 4.20. The van der Waals surface area contributed by atoms with Gasteiger partial charge in [-0.3, -0.25) is 9.80 Å². The number of tetrazole rings is 1. The number of benzene rings is 2. The first-order valence-electron chi connectivity index (χ1n) is 11.0. The molecule has 0 aliphatic carbocycles. The van der Waals surface area contributed by atoms with Gasteiger partial charge in [-0.05, 0) is 41.5 Å². The third-order valence-corrected chi connectivity index (χ3v) is 7.59. The van der Waals surface area contributed by atoms with Crippen molar-refractivity contribution in [2.75, 3.05) is 26.2 Å². The summed E-state index contributed by atoms with van der Waals surface area (Å²) >= 11 is 0. The second-order valence-corrected chi connectivity index (χ2v) is 10.3. The van der Waals surface area contributed by atoms with E-state index < -0.39 is 9.84 Å². The molecule has 4 rings (SSSR count). The third-order valence-electron chi connectivity index (χ3n) is 6.01. The van der Waals surface area contributed by atoms with Crippen LogP contribution in [0.5, 0.6) is 0 Å². The molecule has 0 amide bonds. The highest BCUT2D eigenvalue weighted by atomic mass is 32.2. The highest BCUT2D eigenvalue weighted by Crippen LogP contribution is 2.25. The second-order valence-electron chi connectivity index (χ2n) is 8.32. The lowest BCUT2D eigenvalue weighted by atomic mass is 10.1. The van der Waals surface area contributed by atoms with E-state index in [2.05, 4.69) is 56.5 Å². The van der Waals surface area contributed by atoms with Crippen molar-refractivity contribution in [3.05, 3.63) is 71.5 Å². The lowest BCUT2D eigenvalue weighted by Crippen LogP contribution is -2.47.